The zero-order chi connectivity index (χ0) is 18.9. The first kappa shape index (κ1) is 21.5. The molecule has 2 heterocycles. The number of carbonyl (C=O) groups is 1. The van der Waals surface area contributed by atoms with Crippen LogP contribution in [0.3, 0.4) is 0 Å². The molecular formula is C17H20ClF4N3O2. The van der Waals surface area contributed by atoms with E-state index in [4.69, 9.17) is 4.42 Å². The maximum absolute atomic E-state index is 13.4. The molecule has 5 nitrogen and oxygen atoms in total. The number of hydrogen-bond acceptors (Lipinski definition) is 4. The Kier molecular flexibility index (Phi) is 6.72. The van der Waals surface area contributed by atoms with E-state index in [0.717, 1.165) is 0 Å². The molecule has 0 radical (unpaired) electrons. The molecule has 1 aliphatic heterocycles. The van der Waals surface area contributed by atoms with Crippen LogP contribution >= 0.6 is 12.4 Å². The van der Waals surface area contributed by atoms with Crippen LogP contribution < -0.4 is 10.6 Å². The van der Waals surface area contributed by atoms with Gasteiger partial charge in [-0.25, -0.2) is 4.39 Å². The number of fused-ring (bicyclic) bond motifs is 1. The molecule has 1 saturated heterocycles. The summed E-state index contributed by atoms with van der Waals surface area (Å²) in [7, 11) is 0. The van der Waals surface area contributed by atoms with Crippen LogP contribution in [0.25, 0.3) is 11.0 Å². The van der Waals surface area contributed by atoms with Crippen LogP contribution in [-0.2, 0) is 0 Å². The molecule has 0 spiro atoms. The van der Waals surface area contributed by atoms with Gasteiger partial charge in [0, 0.05) is 43.7 Å². The fraction of sp³-hybridized carbons (Fsp3) is 0.471. The van der Waals surface area contributed by atoms with Crippen LogP contribution in [0.15, 0.2) is 22.6 Å². The monoisotopic (exact) mass is 409 g/mol. The molecule has 1 aromatic carbocycles. The maximum atomic E-state index is 13.4. The average Bonchev–Trinajstić information content (AvgIpc) is 2.91. The number of hydrogen-bond donors (Lipinski definition) is 2. The second-order valence-corrected chi connectivity index (χ2v) is 6.25. The quantitative estimate of drug-likeness (QED) is 0.762. The molecule has 2 N–H and O–H groups in total. The number of alkyl halides is 3. The molecule has 3 rings (SSSR count). The molecule has 1 aliphatic rings. The summed E-state index contributed by atoms with van der Waals surface area (Å²) < 4.78 is 58.8. The minimum atomic E-state index is -4.46. The largest absolute Gasteiger partial charge is 0.451 e. The van der Waals surface area contributed by atoms with E-state index >= 15 is 0 Å². The lowest BCUT2D eigenvalue weighted by Gasteiger charge is -2.35. The Balaban J connectivity index is 0.00000261. The summed E-state index contributed by atoms with van der Waals surface area (Å²) in [6, 6.07) is 2.03. The van der Waals surface area contributed by atoms with E-state index in [1.54, 1.807) is 6.92 Å². The number of amides is 1. The highest BCUT2D eigenvalue weighted by atomic mass is 35.5. The summed E-state index contributed by atoms with van der Waals surface area (Å²) in [5.74, 6) is -1.33. The molecule has 0 saturated carbocycles. The molecule has 10 heteroatoms. The van der Waals surface area contributed by atoms with Gasteiger partial charge in [-0.1, -0.05) is 0 Å². The van der Waals surface area contributed by atoms with E-state index in [1.807, 2.05) is 0 Å². The third-order valence-corrected chi connectivity index (χ3v) is 4.53. The molecule has 1 fully saturated rings. The lowest BCUT2D eigenvalue weighted by molar-refractivity contribution is -0.183. The van der Waals surface area contributed by atoms with Crippen molar-refractivity contribution < 1.29 is 26.8 Å². The Hall–Kier alpha value is -1.84. The van der Waals surface area contributed by atoms with Crippen LogP contribution in [0.1, 0.15) is 16.1 Å². The predicted molar refractivity (Wildman–Crippen MR) is 94.8 cm³/mol. The third kappa shape index (κ3) is 4.72. The van der Waals surface area contributed by atoms with E-state index in [-0.39, 0.29) is 31.3 Å². The van der Waals surface area contributed by atoms with Crippen LogP contribution in [0.5, 0.6) is 0 Å². The smallest absolute Gasteiger partial charge is 0.405 e. The number of rotatable bonds is 4. The number of nitrogens with zero attached hydrogens (tertiary/aromatic N) is 1. The Morgan fingerprint density at radius 2 is 2.00 bits per heavy atom. The summed E-state index contributed by atoms with van der Waals surface area (Å²) >= 11 is 0. The fourth-order valence-corrected chi connectivity index (χ4v) is 3.13. The molecule has 150 valence electrons. The molecule has 27 heavy (non-hydrogen) atoms. The second kappa shape index (κ2) is 8.45. The molecule has 1 aromatic heterocycles. The van der Waals surface area contributed by atoms with Crippen molar-refractivity contribution >= 4 is 29.3 Å². The summed E-state index contributed by atoms with van der Waals surface area (Å²) in [4.78, 5) is 13.6. The minimum Gasteiger partial charge on any atom is -0.451 e. The number of benzene rings is 1. The van der Waals surface area contributed by atoms with Gasteiger partial charge in [0.15, 0.2) is 5.76 Å². The van der Waals surface area contributed by atoms with Crippen molar-refractivity contribution in [2.75, 3.05) is 32.7 Å². The predicted octanol–water partition coefficient (Wildman–Crippen LogP) is 2.87. The van der Waals surface area contributed by atoms with E-state index in [9.17, 15) is 22.4 Å². The van der Waals surface area contributed by atoms with Crippen molar-refractivity contribution in [3.05, 3.63) is 35.3 Å². The van der Waals surface area contributed by atoms with Crippen molar-refractivity contribution in [2.45, 2.75) is 19.1 Å². The number of halogens is 5. The highest BCUT2D eigenvalue weighted by Crippen LogP contribution is 2.27. The topological polar surface area (TPSA) is 57.5 Å². The number of aryl methyl sites for hydroxylation is 1. The Morgan fingerprint density at radius 1 is 1.33 bits per heavy atom. The number of nitrogens with one attached hydrogen (secondary N) is 2. The van der Waals surface area contributed by atoms with Gasteiger partial charge in [-0.15, -0.1) is 12.4 Å². The molecule has 1 atom stereocenters. The molecule has 0 bridgehead atoms. The van der Waals surface area contributed by atoms with Gasteiger partial charge in [0.25, 0.3) is 5.91 Å². The highest BCUT2D eigenvalue weighted by molar-refractivity contribution is 5.98. The first-order valence-corrected chi connectivity index (χ1v) is 8.25. The van der Waals surface area contributed by atoms with E-state index in [2.05, 4.69) is 10.6 Å². The van der Waals surface area contributed by atoms with E-state index in [0.29, 0.717) is 29.6 Å². The van der Waals surface area contributed by atoms with Crippen molar-refractivity contribution in [1.82, 2.24) is 15.5 Å². The summed E-state index contributed by atoms with van der Waals surface area (Å²) in [5.41, 5.74) is 0.700. The molecule has 1 unspecified atom stereocenters. The number of piperazine rings is 1. The van der Waals surface area contributed by atoms with Crippen molar-refractivity contribution in [3.63, 3.8) is 0 Å². The van der Waals surface area contributed by atoms with Gasteiger partial charge >= 0.3 is 6.18 Å². The third-order valence-electron chi connectivity index (χ3n) is 4.53. The Labute approximate surface area is 159 Å². The molecule has 0 aliphatic carbocycles. The second-order valence-electron chi connectivity index (χ2n) is 6.25. The van der Waals surface area contributed by atoms with Crippen molar-refractivity contribution in [3.8, 4) is 0 Å². The maximum Gasteiger partial charge on any atom is 0.405 e. The standard InChI is InChI=1S/C17H19F4N3O2.ClH/c1-10-12-8-11(18)2-3-13(12)26-15(10)16(25)23-9-14(17(19,20)21)24-6-4-22-5-7-24;/h2-3,8,14,22H,4-7,9H2,1H3,(H,23,25);1H. The van der Waals surface area contributed by atoms with Gasteiger partial charge < -0.3 is 15.1 Å². The van der Waals surface area contributed by atoms with Crippen LogP contribution in [0.4, 0.5) is 17.6 Å². The highest BCUT2D eigenvalue weighted by Gasteiger charge is 2.44. The molecule has 1 amide bonds. The normalized spacial score (nSPS) is 16.8. The lowest BCUT2D eigenvalue weighted by atomic mass is 10.1. The van der Waals surface area contributed by atoms with Crippen molar-refractivity contribution in [1.29, 1.82) is 0 Å². The van der Waals surface area contributed by atoms with Crippen molar-refractivity contribution in [2.24, 2.45) is 0 Å². The number of furan rings is 1. The SMILES string of the molecule is Cc1c(C(=O)NCC(N2CCNCC2)C(F)(F)F)oc2ccc(F)cc12.Cl. The van der Waals surface area contributed by atoms with E-state index in [1.165, 1.54) is 23.1 Å². The lowest BCUT2D eigenvalue weighted by Crippen LogP contribution is -2.57. The van der Waals surface area contributed by atoms with Gasteiger partial charge in [-0.2, -0.15) is 13.2 Å². The zero-order valence-corrected chi connectivity index (χ0v) is 15.3. The van der Waals surface area contributed by atoms with E-state index < -0.39 is 30.5 Å². The fourth-order valence-electron chi connectivity index (χ4n) is 3.13. The summed E-state index contributed by atoms with van der Waals surface area (Å²) in [5, 5.41) is 5.73. The minimum absolute atomic E-state index is 0. The molecular weight excluding hydrogens is 390 g/mol. The zero-order valence-electron chi connectivity index (χ0n) is 14.5. The van der Waals surface area contributed by atoms with Gasteiger partial charge in [0.1, 0.15) is 17.4 Å². The first-order valence-electron chi connectivity index (χ1n) is 8.25. The summed E-state index contributed by atoms with van der Waals surface area (Å²) in [6.45, 7) is 2.43. The molecule has 2 aromatic rings. The van der Waals surface area contributed by atoms with Crippen LogP contribution in [0.2, 0.25) is 0 Å². The van der Waals surface area contributed by atoms with Gasteiger partial charge in [-0.3, -0.25) is 9.69 Å². The van der Waals surface area contributed by atoms with Gasteiger partial charge in [-0.05, 0) is 25.1 Å². The van der Waals surface area contributed by atoms with Gasteiger partial charge in [0.05, 0.1) is 0 Å². The van der Waals surface area contributed by atoms with Gasteiger partial charge in [0.2, 0.25) is 0 Å². The van der Waals surface area contributed by atoms with Crippen LogP contribution in [0, 0.1) is 12.7 Å². The number of carbonyl (C=O) groups excluding carboxylic acids is 1. The Morgan fingerprint density at radius 3 is 2.63 bits per heavy atom. The Bertz CT molecular complexity index is 803. The first-order chi connectivity index (χ1) is 12.3. The summed E-state index contributed by atoms with van der Waals surface area (Å²) in [6.07, 6.45) is -4.46. The van der Waals surface area contributed by atoms with Crippen LogP contribution in [-0.4, -0.2) is 55.7 Å². The average molecular weight is 410 g/mol.